The van der Waals surface area contributed by atoms with Crippen molar-refractivity contribution in [2.45, 2.75) is 59.3 Å². The molecule has 114 valence electrons. The van der Waals surface area contributed by atoms with Crippen molar-refractivity contribution in [2.75, 3.05) is 0 Å². The Balaban J connectivity index is 1.70. The van der Waals surface area contributed by atoms with Crippen molar-refractivity contribution in [2.24, 2.45) is 34.5 Å². The van der Waals surface area contributed by atoms with Gasteiger partial charge in [-0.1, -0.05) is 32.4 Å². The minimum Gasteiger partial charge on any atom is -0.290 e. The normalized spacial score (nSPS) is 52.0. The largest absolute Gasteiger partial charge is 0.290 e. The van der Waals surface area contributed by atoms with E-state index in [0.717, 1.165) is 30.1 Å². The second kappa shape index (κ2) is 4.33. The SMILES string of the molecule is C[C@@H]1CC[C@H]2[C@@H]3CCC4=CC(=O)C=C[C@]4(C)[C@H]3CC[C@]12C. The van der Waals surface area contributed by atoms with Crippen LogP contribution < -0.4 is 0 Å². The Bertz CT molecular complexity index is 542. The van der Waals surface area contributed by atoms with Crippen LogP contribution >= 0.6 is 0 Å². The summed E-state index contributed by atoms with van der Waals surface area (Å²) in [6, 6.07) is 0. The summed E-state index contributed by atoms with van der Waals surface area (Å²) in [4.78, 5) is 11.7. The molecule has 4 aliphatic carbocycles. The molecule has 3 saturated carbocycles. The summed E-state index contributed by atoms with van der Waals surface area (Å²) in [5.74, 6) is 3.68. The van der Waals surface area contributed by atoms with E-state index in [9.17, 15) is 4.79 Å². The zero-order chi connectivity index (χ0) is 14.8. The van der Waals surface area contributed by atoms with Crippen molar-refractivity contribution in [3.05, 3.63) is 23.8 Å². The van der Waals surface area contributed by atoms with E-state index >= 15 is 0 Å². The Morgan fingerprint density at radius 2 is 1.90 bits per heavy atom. The predicted octanol–water partition coefficient (Wildman–Crippen LogP) is 4.93. The van der Waals surface area contributed by atoms with Gasteiger partial charge in [0.25, 0.3) is 0 Å². The van der Waals surface area contributed by atoms with Crippen LogP contribution in [0.3, 0.4) is 0 Å². The second-order valence-corrected chi connectivity index (χ2v) is 8.63. The number of fused-ring (bicyclic) bond motifs is 5. The maximum absolute atomic E-state index is 11.7. The lowest BCUT2D eigenvalue weighted by atomic mass is 9.48. The molecular weight excluding hydrogens is 256 g/mol. The number of rotatable bonds is 0. The lowest BCUT2D eigenvalue weighted by Gasteiger charge is -2.57. The molecular formula is C20H28O. The minimum absolute atomic E-state index is 0.171. The lowest BCUT2D eigenvalue weighted by Crippen LogP contribution is -2.49. The molecule has 4 rings (SSSR count). The monoisotopic (exact) mass is 284 g/mol. The van der Waals surface area contributed by atoms with E-state index in [0.29, 0.717) is 5.41 Å². The van der Waals surface area contributed by atoms with Crippen LogP contribution in [-0.2, 0) is 4.79 Å². The maximum Gasteiger partial charge on any atom is 0.178 e. The van der Waals surface area contributed by atoms with E-state index in [2.05, 4.69) is 26.8 Å². The molecule has 1 heteroatoms. The fourth-order valence-electron chi connectivity index (χ4n) is 6.46. The van der Waals surface area contributed by atoms with Crippen molar-refractivity contribution in [1.82, 2.24) is 0 Å². The Labute approximate surface area is 128 Å². The summed E-state index contributed by atoms with van der Waals surface area (Å²) in [7, 11) is 0. The van der Waals surface area contributed by atoms with Gasteiger partial charge in [0.2, 0.25) is 0 Å². The fraction of sp³-hybridized carbons (Fsp3) is 0.750. The molecule has 0 saturated heterocycles. The van der Waals surface area contributed by atoms with Crippen LogP contribution in [0.1, 0.15) is 59.3 Å². The van der Waals surface area contributed by atoms with Crippen molar-refractivity contribution in [1.29, 1.82) is 0 Å². The van der Waals surface area contributed by atoms with Crippen molar-refractivity contribution in [3.8, 4) is 0 Å². The van der Waals surface area contributed by atoms with E-state index < -0.39 is 0 Å². The highest BCUT2D eigenvalue weighted by atomic mass is 16.1. The molecule has 1 nitrogen and oxygen atoms in total. The third-order valence-electron chi connectivity index (χ3n) is 8.03. The molecule has 21 heavy (non-hydrogen) atoms. The smallest absolute Gasteiger partial charge is 0.178 e. The summed E-state index contributed by atoms with van der Waals surface area (Å²) >= 11 is 0. The van der Waals surface area contributed by atoms with Gasteiger partial charge in [0.15, 0.2) is 5.78 Å². The molecule has 3 fully saturated rings. The molecule has 0 bridgehead atoms. The van der Waals surface area contributed by atoms with Gasteiger partial charge in [-0.15, -0.1) is 0 Å². The Hall–Kier alpha value is -0.850. The van der Waals surface area contributed by atoms with E-state index in [1.807, 2.05) is 12.2 Å². The molecule has 0 aromatic rings. The molecule has 0 spiro atoms. The van der Waals surface area contributed by atoms with Crippen LogP contribution in [0.25, 0.3) is 0 Å². The van der Waals surface area contributed by atoms with Gasteiger partial charge >= 0.3 is 0 Å². The number of hydrogen-bond acceptors (Lipinski definition) is 1. The first-order chi connectivity index (χ1) is 9.95. The summed E-state index contributed by atoms with van der Waals surface area (Å²) in [6.45, 7) is 7.45. The highest BCUT2D eigenvalue weighted by Gasteiger charge is 2.57. The zero-order valence-corrected chi connectivity index (χ0v) is 13.7. The summed E-state index contributed by atoms with van der Waals surface area (Å²) in [5.41, 5.74) is 2.18. The van der Waals surface area contributed by atoms with Gasteiger partial charge in [0, 0.05) is 5.41 Å². The van der Waals surface area contributed by atoms with Gasteiger partial charge in [-0.2, -0.15) is 0 Å². The highest BCUT2D eigenvalue weighted by Crippen LogP contribution is 2.65. The van der Waals surface area contributed by atoms with E-state index in [-0.39, 0.29) is 11.2 Å². The molecule has 0 unspecified atom stereocenters. The molecule has 0 aromatic heterocycles. The second-order valence-electron chi connectivity index (χ2n) is 8.63. The average molecular weight is 284 g/mol. The van der Waals surface area contributed by atoms with E-state index in [4.69, 9.17) is 0 Å². The average Bonchev–Trinajstić information content (AvgIpc) is 2.76. The van der Waals surface area contributed by atoms with E-state index in [1.54, 1.807) is 0 Å². The first-order valence-corrected chi connectivity index (χ1v) is 8.89. The van der Waals surface area contributed by atoms with Gasteiger partial charge in [0.1, 0.15) is 0 Å². The summed E-state index contributed by atoms with van der Waals surface area (Å²) < 4.78 is 0. The van der Waals surface area contributed by atoms with Crippen LogP contribution in [-0.4, -0.2) is 5.78 Å². The van der Waals surface area contributed by atoms with E-state index in [1.165, 1.54) is 37.7 Å². The van der Waals surface area contributed by atoms with Gasteiger partial charge in [-0.05, 0) is 79.8 Å². The number of allylic oxidation sites excluding steroid dienone is 4. The molecule has 6 atom stereocenters. The predicted molar refractivity (Wildman–Crippen MR) is 85.8 cm³/mol. The van der Waals surface area contributed by atoms with Gasteiger partial charge < -0.3 is 0 Å². The van der Waals surface area contributed by atoms with Crippen molar-refractivity contribution in [3.63, 3.8) is 0 Å². The first kappa shape index (κ1) is 13.8. The minimum atomic E-state index is 0.171. The molecule has 0 aromatic carbocycles. The highest BCUT2D eigenvalue weighted by molar-refractivity contribution is 6.01. The van der Waals surface area contributed by atoms with Crippen LogP contribution in [0, 0.1) is 34.5 Å². The summed E-state index contributed by atoms with van der Waals surface area (Å²) in [5, 5.41) is 0. The third-order valence-corrected chi connectivity index (χ3v) is 8.03. The summed E-state index contributed by atoms with van der Waals surface area (Å²) in [6.07, 6.45) is 14.1. The Morgan fingerprint density at radius 3 is 2.71 bits per heavy atom. The topological polar surface area (TPSA) is 17.1 Å². The Morgan fingerprint density at radius 1 is 1.10 bits per heavy atom. The first-order valence-electron chi connectivity index (χ1n) is 8.89. The zero-order valence-electron chi connectivity index (χ0n) is 13.7. The Kier molecular flexibility index (Phi) is 2.85. The lowest BCUT2D eigenvalue weighted by molar-refractivity contribution is -0.111. The number of ketones is 1. The van der Waals surface area contributed by atoms with Gasteiger partial charge in [-0.25, -0.2) is 0 Å². The van der Waals surface area contributed by atoms with Crippen LogP contribution in [0.4, 0.5) is 0 Å². The van der Waals surface area contributed by atoms with Gasteiger partial charge in [-0.3, -0.25) is 4.79 Å². The molecule has 0 heterocycles. The molecule has 0 radical (unpaired) electrons. The molecule has 4 aliphatic rings. The number of carbonyl (C=O) groups is 1. The number of hydrogen-bond donors (Lipinski definition) is 0. The number of carbonyl (C=O) groups excluding carboxylic acids is 1. The van der Waals surface area contributed by atoms with Crippen LogP contribution in [0.2, 0.25) is 0 Å². The van der Waals surface area contributed by atoms with Crippen molar-refractivity contribution < 1.29 is 4.79 Å². The molecule has 0 amide bonds. The third kappa shape index (κ3) is 1.72. The van der Waals surface area contributed by atoms with Gasteiger partial charge in [0.05, 0.1) is 0 Å². The standard InChI is InChI=1S/C20H28O/c1-13-4-7-17-16-6-5-14-12-15(21)8-10-20(14,3)18(16)9-11-19(13,17)2/h8,10,12-13,16-18H,4-7,9,11H2,1-3H3/t13-,16+,17+,18+,19-,20+/m1/s1. The molecule has 0 N–H and O–H groups in total. The fourth-order valence-corrected chi connectivity index (χ4v) is 6.46. The van der Waals surface area contributed by atoms with Crippen molar-refractivity contribution >= 4 is 5.78 Å². The van der Waals surface area contributed by atoms with Crippen LogP contribution in [0.5, 0.6) is 0 Å². The molecule has 0 aliphatic heterocycles. The quantitative estimate of drug-likeness (QED) is 0.616. The maximum atomic E-state index is 11.7. The van der Waals surface area contributed by atoms with Crippen LogP contribution in [0.15, 0.2) is 23.8 Å².